The van der Waals surface area contributed by atoms with Crippen molar-refractivity contribution >= 4 is 26.8 Å². The molecule has 0 amide bonds. The molecule has 0 aliphatic carbocycles. The summed E-state index contributed by atoms with van der Waals surface area (Å²) in [6.07, 6.45) is 0. The lowest BCUT2D eigenvalue weighted by atomic mass is 10.1. The zero-order valence-corrected chi connectivity index (χ0v) is 14.2. The average molecular weight is 377 g/mol. The van der Waals surface area contributed by atoms with E-state index in [4.69, 9.17) is 0 Å². The first-order valence-electron chi connectivity index (χ1n) is 7.06. The maximum atomic E-state index is 13.4. The molecule has 6 heteroatoms. The zero-order valence-electron chi connectivity index (χ0n) is 12.6. The molecule has 0 spiro atoms. The molecule has 0 aliphatic rings. The van der Waals surface area contributed by atoms with Gasteiger partial charge in [0.2, 0.25) is 0 Å². The van der Waals surface area contributed by atoms with E-state index < -0.39 is 23.1 Å². The maximum absolute atomic E-state index is 13.4. The van der Waals surface area contributed by atoms with Crippen LogP contribution in [0.4, 0.5) is 4.39 Å². The zero-order chi connectivity index (χ0) is 16.7. The van der Waals surface area contributed by atoms with Gasteiger partial charge in [-0.05, 0) is 42.8 Å². The van der Waals surface area contributed by atoms with Crippen molar-refractivity contribution in [2.45, 2.75) is 13.0 Å². The molecule has 1 heterocycles. The Labute approximate surface area is 139 Å². The van der Waals surface area contributed by atoms with E-state index in [0.717, 1.165) is 10.0 Å². The molecule has 3 aromatic rings. The molecule has 0 saturated carbocycles. The number of aryl methyl sites for hydroxylation is 1. The fraction of sp³-hybridized carbons (Fsp3) is 0.176. The minimum Gasteiger partial charge on any atom is -0.296 e. The highest BCUT2D eigenvalue weighted by Gasteiger charge is 2.17. The Bertz CT molecular complexity index is 1010. The van der Waals surface area contributed by atoms with Gasteiger partial charge in [-0.15, -0.1) is 0 Å². The van der Waals surface area contributed by atoms with Crippen LogP contribution in [-0.4, -0.2) is 9.13 Å². The lowest BCUT2D eigenvalue weighted by Gasteiger charge is -2.17. The Morgan fingerprint density at radius 2 is 1.74 bits per heavy atom. The average Bonchev–Trinajstić information content (AvgIpc) is 2.53. The summed E-state index contributed by atoms with van der Waals surface area (Å²) >= 11 is 3.36. The number of benzene rings is 2. The number of hydrogen-bond acceptors (Lipinski definition) is 2. The highest BCUT2D eigenvalue weighted by Crippen LogP contribution is 2.19. The van der Waals surface area contributed by atoms with Crippen LogP contribution in [0.2, 0.25) is 0 Å². The molecule has 4 nitrogen and oxygen atoms in total. The first kappa shape index (κ1) is 15.7. The Morgan fingerprint density at radius 1 is 1.09 bits per heavy atom. The summed E-state index contributed by atoms with van der Waals surface area (Å²) in [6.45, 7) is 1.79. The molecular weight excluding hydrogens is 363 g/mol. The fourth-order valence-corrected chi connectivity index (χ4v) is 2.94. The van der Waals surface area contributed by atoms with Crippen molar-refractivity contribution < 1.29 is 4.39 Å². The van der Waals surface area contributed by atoms with Gasteiger partial charge in [-0.1, -0.05) is 28.1 Å². The standard InChI is InChI=1S/C17H14BrFN2O2/c1-10(11-3-5-12(18)6-4-11)21-16(22)14-8-7-13(19)9-15(14)20(2)17(21)23/h3-10H,1-2H3. The third-order valence-electron chi connectivity index (χ3n) is 4.00. The van der Waals surface area contributed by atoms with Gasteiger partial charge in [0.25, 0.3) is 5.56 Å². The van der Waals surface area contributed by atoms with Crippen LogP contribution in [0.15, 0.2) is 56.5 Å². The number of nitrogens with zero attached hydrogens (tertiary/aromatic N) is 2. The third-order valence-corrected chi connectivity index (χ3v) is 4.53. The van der Waals surface area contributed by atoms with Crippen molar-refractivity contribution in [3.8, 4) is 0 Å². The van der Waals surface area contributed by atoms with Crippen LogP contribution < -0.4 is 11.2 Å². The summed E-state index contributed by atoms with van der Waals surface area (Å²) in [4.78, 5) is 25.3. The van der Waals surface area contributed by atoms with Gasteiger partial charge in [-0.3, -0.25) is 13.9 Å². The summed E-state index contributed by atoms with van der Waals surface area (Å²) in [5.41, 5.74) is 0.246. The maximum Gasteiger partial charge on any atom is 0.331 e. The van der Waals surface area contributed by atoms with E-state index in [2.05, 4.69) is 15.9 Å². The summed E-state index contributed by atoms with van der Waals surface area (Å²) in [5, 5.41) is 0.317. The van der Waals surface area contributed by atoms with Gasteiger partial charge in [-0.2, -0.15) is 0 Å². The lowest BCUT2D eigenvalue weighted by Crippen LogP contribution is -2.41. The van der Waals surface area contributed by atoms with E-state index in [-0.39, 0.29) is 0 Å². The van der Waals surface area contributed by atoms with E-state index in [0.29, 0.717) is 10.9 Å². The number of halogens is 2. The fourth-order valence-electron chi connectivity index (χ4n) is 2.68. The molecule has 23 heavy (non-hydrogen) atoms. The molecule has 2 aromatic carbocycles. The Hall–Kier alpha value is -2.21. The summed E-state index contributed by atoms with van der Waals surface area (Å²) in [5.74, 6) is -0.481. The van der Waals surface area contributed by atoms with Crippen LogP contribution in [0.1, 0.15) is 18.5 Å². The molecule has 0 bridgehead atoms. The van der Waals surface area contributed by atoms with E-state index in [1.54, 1.807) is 6.92 Å². The Kier molecular flexibility index (Phi) is 3.93. The number of fused-ring (bicyclic) bond motifs is 1. The second-order valence-corrected chi connectivity index (χ2v) is 6.32. The largest absolute Gasteiger partial charge is 0.331 e. The third kappa shape index (κ3) is 2.63. The molecule has 0 saturated heterocycles. The molecule has 0 fully saturated rings. The molecule has 1 atom stereocenters. The number of aromatic nitrogens is 2. The van der Waals surface area contributed by atoms with Crippen molar-refractivity contribution in [3.05, 3.63) is 79.2 Å². The minimum atomic E-state index is -0.481. The van der Waals surface area contributed by atoms with Crippen LogP contribution in [0.3, 0.4) is 0 Å². The molecule has 0 radical (unpaired) electrons. The topological polar surface area (TPSA) is 44.0 Å². The molecule has 118 valence electrons. The van der Waals surface area contributed by atoms with Crippen molar-refractivity contribution in [1.29, 1.82) is 0 Å². The Balaban J connectivity index is 2.30. The normalized spacial score (nSPS) is 12.5. The Morgan fingerprint density at radius 3 is 2.39 bits per heavy atom. The predicted octanol–water partition coefficient (Wildman–Crippen LogP) is 3.21. The first-order chi connectivity index (χ1) is 10.9. The van der Waals surface area contributed by atoms with Crippen LogP contribution in [0.25, 0.3) is 10.9 Å². The second-order valence-electron chi connectivity index (χ2n) is 5.41. The molecule has 1 unspecified atom stereocenters. The molecule has 1 aromatic heterocycles. The van der Waals surface area contributed by atoms with E-state index in [1.807, 2.05) is 24.3 Å². The first-order valence-corrected chi connectivity index (χ1v) is 7.85. The van der Waals surface area contributed by atoms with Crippen molar-refractivity contribution in [2.24, 2.45) is 7.05 Å². The molecule has 0 aliphatic heterocycles. The monoisotopic (exact) mass is 376 g/mol. The second kappa shape index (κ2) is 5.77. The summed E-state index contributed by atoms with van der Waals surface area (Å²) < 4.78 is 16.8. The van der Waals surface area contributed by atoms with Crippen molar-refractivity contribution in [3.63, 3.8) is 0 Å². The van der Waals surface area contributed by atoms with Crippen LogP contribution in [-0.2, 0) is 7.05 Å². The minimum absolute atomic E-state index is 0.291. The van der Waals surface area contributed by atoms with E-state index in [9.17, 15) is 14.0 Å². The smallest absolute Gasteiger partial charge is 0.296 e. The lowest BCUT2D eigenvalue weighted by molar-refractivity contribution is 0.559. The van der Waals surface area contributed by atoms with Crippen LogP contribution in [0, 0.1) is 5.82 Å². The molecular formula is C17H14BrFN2O2. The van der Waals surface area contributed by atoms with Gasteiger partial charge >= 0.3 is 5.69 Å². The SMILES string of the molecule is CC(c1ccc(Br)cc1)n1c(=O)c2ccc(F)cc2n(C)c1=O. The molecule has 3 rings (SSSR count). The van der Waals surface area contributed by atoms with Gasteiger partial charge in [0.15, 0.2) is 0 Å². The quantitative estimate of drug-likeness (QED) is 0.689. The summed E-state index contributed by atoms with van der Waals surface area (Å²) in [6, 6.07) is 10.8. The highest BCUT2D eigenvalue weighted by atomic mass is 79.9. The van der Waals surface area contributed by atoms with Gasteiger partial charge < -0.3 is 0 Å². The van der Waals surface area contributed by atoms with Gasteiger partial charge in [0, 0.05) is 11.5 Å². The number of rotatable bonds is 2. The van der Waals surface area contributed by atoms with Gasteiger partial charge in [-0.25, -0.2) is 9.18 Å². The van der Waals surface area contributed by atoms with Crippen LogP contribution in [0.5, 0.6) is 0 Å². The van der Waals surface area contributed by atoms with Gasteiger partial charge in [0.1, 0.15) is 5.82 Å². The summed E-state index contributed by atoms with van der Waals surface area (Å²) in [7, 11) is 1.54. The van der Waals surface area contributed by atoms with Gasteiger partial charge in [0.05, 0.1) is 16.9 Å². The van der Waals surface area contributed by atoms with Crippen molar-refractivity contribution in [1.82, 2.24) is 9.13 Å². The van der Waals surface area contributed by atoms with Crippen molar-refractivity contribution in [2.75, 3.05) is 0 Å². The predicted molar refractivity (Wildman–Crippen MR) is 91.4 cm³/mol. The van der Waals surface area contributed by atoms with E-state index >= 15 is 0 Å². The number of hydrogen-bond donors (Lipinski definition) is 0. The van der Waals surface area contributed by atoms with Crippen LogP contribution >= 0.6 is 15.9 Å². The highest BCUT2D eigenvalue weighted by molar-refractivity contribution is 9.10. The van der Waals surface area contributed by atoms with E-state index in [1.165, 1.54) is 34.4 Å². The molecule has 0 N–H and O–H groups in total.